The van der Waals surface area contributed by atoms with Crippen molar-refractivity contribution >= 4 is 16.2 Å². The number of rotatable bonds is 4. The van der Waals surface area contributed by atoms with E-state index in [1.54, 1.807) is 31.4 Å². The van der Waals surface area contributed by atoms with Crippen LogP contribution in [0.3, 0.4) is 0 Å². The van der Waals surface area contributed by atoms with Crippen molar-refractivity contribution in [2.75, 3.05) is 13.4 Å². The van der Waals surface area contributed by atoms with Crippen LogP contribution in [0.4, 0.5) is 0 Å². The Hall–Kier alpha value is -1.56. The summed E-state index contributed by atoms with van der Waals surface area (Å²) in [6.07, 6.45) is 2.46. The van der Waals surface area contributed by atoms with E-state index in [1.807, 2.05) is 4.83 Å². The molecule has 0 heterocycles. The number of nitrogens with one attached hydrogen (secondary N) is 1. The monoisotopic (exact) mass is 228 g/mol. The first-order chi connectivity index (χ1) is 7.01. The summed E-state index contributed by atoms with van der Waals surface area (Å²) in [7, 11) is -1.70. The maximum Gasteiger partial charge on any atom is 0.244 e. The van der Waals surface area contributed by atoms with Crippen molar-refractivity contribution in [3.05, 3.63) is 29.8 Å². The van der Waals surface area contributed by atoms with Crippen molar-refractivity contribution in [2.24, 2.45) is 5.10 Å². The van der Waals surface area contributed by atoms with Gasteiger partial charge in [-0.2, -0.15) is 5.10 Å². The zero-order valence-corrected chi connectivity index (χ0v) is 9.28. The Labute approximate surface area is 88.8 Å². The van der Waals surface area contributed by atoms with Crippen molar-refractivity contribution in [2.45, 2.75) is 0 Å². The van der Waals surface area contributed by atoms with Crippen LogP contribution in [-0.2, 0) is 10.0 Å². The lowest BCUT2D eigenvalue weighted by atomic mass is 10.2. The van der Waals surface area contributed by atoms with E-state index in [4.69, 9.17) is 4.74 Å². The highest BCUT2D eigenvalue weighted by molar-refractivity contribution is 7.88. The summed E-state index contributed by atoms with van der Waals surface area (Å²) < 4.78 is 26.3. The standard InChI is InChI=1S/C9H12N2O3S/c1-14-9-5-3-8(4-6-9)7-10-11-15(2,12)13/h3-7,11H,1-2H3/b10-7-. The zero-order valence-electron chi connectivity index (χ0n) is 8.47. The Morgan fingerprint density at radius 2 is 1.93 bits per heavy atom. The Kier molecular flexibility index (Phi) is 3.68. The second-order valence-corrected chi connectivity index (χ2v) is 4.62. The molecule has 1 N–H and O–H groups in total. The molecular formula is C9H12N2O3S. The molecule has 0 saturated carbocycles. The number of hydrazone groups is 1. The van der Waals surface area contributed by atoms with Crippen molar-refractivity contribution in [3.63, 3.8) is 0 Å². The smallest absolute Gasteiger partial charge is 0.244 e. The van der Waals surface area contributed by atoms with Crippen molar-refractivity contribution in [1.82, 2.24) is 4.83 Å². The molecule has 0 radical (unpaired) electrons. The minimum Gasteiger partial charge on any atom is -0.497 e. The third-order valence-corrected chi connectivity index (χ3v) is 1.99. The number of nitrogens with zero attached hydrogens (tertiary/aromatic N) is 1. The molecule has 1 aromatic rings. The van der Waals surface area contributed by atoms with Crippen molar-refractivity contribution in [1.29, 1.82) is 0 Å². The van der Waals surface area contributed by atoms with Gasteiger partial charge in [0.1, 0.15) is 5.75 Å². The maximum absolute atomic E-state index is 10.7. The first-order valence-electron chi connectivity index (χ1n) is 4.15. The van der Waals surface area contributed by atoms with E-state index in [0.717, 1.165) is 17.6 Å². The molecule has 0 aromatic heterocycles. The van der Waals surface area contributed by atoms with Gasteiger partial charge in [0, 0.05) is 0 Å². The van der Waals surface area contributed by atoms with Gasteiger partial charge in [0.25, 0.3) is 0 Å². The van der Waals surface area contributed by atoms with E-state index in [2.05, 4.69) is 5.10 Å². The van der Waals surface area contributed by atoms with Gasteiger partial charge >= 0.3 is 0 Å². The molecule has 6 heteroatoms. The average molecular weight is 228 g/mol. The first kappa shape index (κ1) is 11.5. The highest BCUT2D eigenvalue weighted by Gasteiger charge is 1.94. The van der Waals surface area contributed by atoms with Gasteiger partial charge in [-0.3, -0.25) is 0 Å². The number of hydrogen-bond acceptors (Lipinski definition) is 4. The predicted octanol–water partition coefficient (Wildman–Crippen LogP) is 0.578. The normalized spacial score (nSPS) is 11.6. The van der Waals surface area contributed by atoms with Crippen LogP contribution in [0.1, 0.15) is 5.56 Å². The van der Waals surface area contributed by atoms with Crippen LogP contribution in [0, 0.1) is 0 Å². The van der Waals surface area contributed by atoms with Crippen LogP contribution in [-0.4, -0.2) is 28.0 Å². The zero-order chi connectivity index (χ0) is 11.3. The van der Waals surface area contributed by atoms with Gasteiger partial charge < -0.3 is 4.74 Å². The minimum absolute atomic E-state index is 0.739. The Balaban J connectivity index is 2.65. The van der Waals surface area contributed by atoms with E-state index in [1.165, 1.54) is 6.21 Å². The summed E-state index contributed by atoms with van der Waals surface area (Å²) >= 11 is 0. The fourth-order valence-corrected chi connectivity index (χ4v) is 1.13. The number of benzene rings is 1. The topological polar surface area (TPSA) is 67.8 Å². The van der Waals surface area contributed by atoms with Gasteiger partial charge in [0.15, 0.2) is 0 Å². The fourth-order valence-electron chi connectivity index (χ4n) is 0.887. The van der Waals surface area contributed by atoms with Gasteiger partial charge in [-0.05, 0) is 29.8 Å². The summed E-state index contributed by atoms with van der Waals surface area (Å²) in [4.78, 5) is 2.01. The van der Waals surface area contributed by atoms with Crippen LogP contribution >= 0.6 is 0 Å². The number of methoxy groups -OCH3 is 1. The van der Waals surface area contributed by atoms with Gasteiger partial charge in [0.05, 0.1) is 19.6 Å². The summed E-state index contributed by atoms with van der Waals surface area (Å²) in [5.74, 6) is 0.739. The molecule has 0 aliphatic heterocycles. The van der Waals surface area contributed by atoms with Crippen LogP contribution in [0.5, 0.6) is 5.75 Å². The highest BCUT2D eigenvalue weighted by atomic mass is 32.2. The molecule has 0 atom stereocenters. The van der Waals surface area contributed by atoms with Gasteiger partial charge in [-0.25, -0.2) is 13.2 Å². The molecule has 0 spiro atoms. The summed E-state index contributed by atoms with van der Waals surface area (Å²) in [6.45, 7) is 0. The molecule has 0 amide bonds. The summed E-state index contributed by atoms with van der Waals surface area (Å²) in [5.41, 5.74) is 0.784. The van der Waals surface area contributed by atoms with Crippen LogP contribution in [0.15, 0.2) is 29.4 Å². The molecule has 0 aliphatic carbocycles. The molecule has 1 aromatic carbocycles. The van der Waals surface area contributed by atoms with E-state index in [0.29, 0.717) is 0 Å². The third-order valence-electron chi connectivity index (χ3n) is 1.55. The number of sulfonamides is 1. The van der Waals surface area contributed by atoms with E-state index in [9.17, 15) is 8.42 Å². The molecule has 0 bridgehead atoms. The van der Waals surface area contributed by atoms with Crippen LogP contribution < -0.4 is 9.57 Å². The summed E-state index contributed by atoms with van der Waals surface area (Å²) in [5, 5.41) is 3.56. The van der Waals surface area contributed by atoms with Crippen molar-refractivity contribution in [3.8, 4) is 5.75 Å². The minimum atomic E-state index is -3.28. The molecule has 1 rings (SSSR count). The lowest BCUT2D eigenvalue weighted by molar-refractivity contribution is 0.415. The molecule has 15 heavy (non-hydrogen) atoms. The highest BCUT2D eigenvalue weighted by Crippen LogP contribution is 2.09. The number of ether oxygens (including phenoxy) is 1. The molecule has 0 aliphatic rings. The van der Waals surface area contributed by atoms with Gasteiger partial charge in [-0.15, -0.1) is 0 Å². The molecule has 0 saturated heterocycles. The Bertz CT molecular complexity index is 437. The molecular weight excluding hydrogens is 216 g/mol. The molecule has 0 fully saturated rings. The SMILES string of the molecule is COc1ccc(/C=N\NS(C)(=O)=O)cc1. The lowest BCUT2D eigenvalue weighted by Gasteiger charge is -1.99. The van der Waals surface area contributed by atoms with Crippen LogP contribution in [0.2, 0.25) is 0 Å². The summed E-state index contributed by atoms with van der Waals surface area (Å²) in [6, 6.07) is 7.07. The van der Waals surface area contributed by atoms with E-state index in [-0.39, 0.29) is 0 Å². The van der Waals surface area contributed by atoms with E-state index < -0.39 is 10.0 Å². The Morgan fingerprint density at radius 3 is 2.40 bits per heavy atom. The Morgan fingerprint density at radius 1 is 1.33 bits per heavy atom. The largest absolute Gasteiger partial charge is 0.497 e. The molecule has 82 valence electrons. The second-order valence-electron chi connectivity index (χ2n) is 2.89. The number of hydrogen-bond donors (Lipinski definition) is 1. The lowest BCUT2D eigenvalue weighted by Crippen LogP contribution is -2.15. The fraction of sp³-hybridized carbons (Fsp3) is 0.222. The molecule has 0 unspecified atom stereocenters. The maximum atomic E-state index is 10.7. The van der Waals surface area contributed by atoms with Gasteiger partial charge in [-0.1, -0.05) is 0 Å². The average Bonchev–Trinajstić information content (AvgIpc) is 2.17. The first-order valence-corrected chi connectivity index (χ1v) is 6.04. The van der Waals surface area contributed by atoms with Crippen molar-refractivity contribution < 1.29 is 13.2 Å². The predicted molar refractivity (Wildman–Crippen MR) is 58.6 cm³/mol. The van der Waals surface area contributed by atoms with Crippen LogP contribution in [0.25, 0.3) is 0 Å². The third kappa shape index (κ3) is 4.46. The van der Waals surface area contributed by atoms with Gasteiger partial charge in [0.2, 0.25) is 10.0 Å². The molecule has 5 nitrogen and oxygen atoms in total. The van der Waals surface area contributed by atoms with E-state index >= 15 is 0 Å². The quantitative estimate of drug-likeness (QED) is 0.605. The second kappa shape index (κ2) is 4.79.